The molecule has 0 aromatic carbocycles. The number of carbonyl (C=O) groups excluding carboxylic acids is 12. The molecule has 28 heteroatoms. The van der Waals surface area contributed by atoms with E-state index >= 15 is 0 Å². The minimum atomic E-state index is -1.23. The van der Waals surface area contributed by atoms with Crippen LogP contribution in [0.15, 0.2) is 0 Å². The maximum absolute atomic E-state index is 12.2. The summed E-state index contributed by atoms with van der Waals surface area (Å²) in [5.74, 6) is -4.62. The van der Waals surface area contributed by atoms with Gasteiger partial charge in [0, 0.05) is 41.3 Å². The van der Waals surface area contributed by atoms with E-state index in [0.29, 0.717) is 51.6 Å². The molecule has 6 aliphatic rings. The fraction of sp³-hybridized carbons (Fsp3) is 0.846. The SMILES string of the molecule is CCC(C)(C)C(=O)OC1(C)CC(=O)OC1(C)C.CCC(C)(C)C(=O)OC1(C)CC(=O)OC1(C)COC.CCC(C)(C)C(=O)OC1(C)CC(C)(COC)OC1=O.CCC(C)(C)C(=O)OC1CC(=O)OC1(C)COC.CCC(C)C(=O)OC1(C)CC(=O)OC1(C)C.CCC(C)C(=O)OC1CC(C)(COC)OC1=O. The van der Waals surface area contributed by atoms with Gasteiger partial charge in [-0.2, -0.15) is 0 Å². The maximum atomic E-state index is 12.2. The summed E-state index contributed by atoms with van der Waals surface area (Å²) in [5.41, 5.74) is -11.0. The van der Waals surface area contributed by atoms with Crippen molar-refractivity contribution in [2.24, 2.45) is 33.5 Å². The van der Waals surface area contributed by atoms with E-state index in [1.54, 1.807) is 111 Å². The van der Waals surface area contributed by atoms with Gasteiger partial charge in [-0.05, 0) is 177 Å². The lowest BCUT2D eigenvalue weighted by molar-refractivity contribution is -0.194. The lowest BCUT2D eigenvalue weighted by atomic mass is 9.84. The van der Waals surface area contributed by atoms with Crippen LogP contribution in [0.25, 0.3) is 0 Å². The number of hydrogen-bond acceptors (Lipinski definition) is 28. The Morgan fingerprint density at radius 1 is 0.425 bits per heavy atom. The molecule has 6 saturated heterocycles. The monoisotopic (exact) mass is 1520 g/mol. The Morgan fingerprint density at radius 2 is 0.802 bits per heavy atom. The van der Waals surface area contributed by atoms with Gasteiger partial charge in [-0.25, -0.2) is 9.59 Å². The molecule has 0 spiro atoms. The second kappa shape index (κ2) is 37.7. The summed E-state index contributed by atoms with van der Waals surface area (Å²) in [6, 6.07) is 0. The second-order valence-electron chi connectivity index (χ2n) is 33.9. The quantitative estimate of drug-likeness (QED) is 0.0573. The van der Waals surface area contributed by atoms with E-state index in [1.807, 2.05) is 90.0 Å². The van der Waals surface area contributed by atoms with E-state index in [0.717, 1.165) is 6.42 Å². The molecule has 612 valence electrons. The Kier molecular flexibility index (Phi) is 34.7. The molecule has 6 heterocycles. The molecule has 28 nitrogen and oxygen atoms in total. The molecule has 0 radical (unpaired) electrons. The molecule has 0 aromatic heterocycles. The zero-order chi connectivity index (χ0) is 82.9. The van der Waals surface area contributed by atoms with Crippen LogP contribution in [0.5, 0.6) is 0 Å². The Morgan fingerprint density at radius 3 is 1.21 bits per heavy atom. The number of ether oxygens (including phenoxy) is 16. The van der Waals surface area contributed by atoms with Crippen LogP contribution in [-0.2, 0) is 133 Å². The van der Waals surface area contributed by atoms with Crippen LogP contribution in [0.2, 0.25) is 0 Å². The van der Waals surface area contributed by atoms with Gasteiger partial charge in [0.05, 0.1) is 85.6 Å². The van der Waals surface area contributed by atoms with Gasteiger partial charge < -0.3 is 75.8 Å². The minimum absolute atomic E-state index is 0.0540. The van der Waals surface area contributed by atoms with E-state index < -0.39 is 102 Å². The number of hydrogen-bond donors (Lipinski definition) is 0. The van der Waals surface area contributed by atoms with E-state index in [2.05, 4.69) is 0 Å². The van der Waals surface area contributed by atoms with Crippen LogP contribution in [0.3, 0.4) is 0 Å². The van der Waals surface area contributed by atoms with Crippen LogP contribution in [0.4, 0.5) is 0 Å². The zero-order valence-corrected chi connectivity index (χ0v) is 70.1. The Bertz CT molecular complexity index is 3070. The first-order valence-electron chi connectivity index (χ1n) is 36.7. The number of methoxy groups -OCH3 is 4. The third kappa shape index (κ3) is 25.5. The molecule has 6 fully saturated rings. The molecular weight excluding hydrogens is 1380 g/mol. The van der Waals surface area contributed by atoms with Gasteiger partial charge in [-0.3, -0.25) is 47.9 Å². The second-order valence-corrected chi connectivity index (χ2v) is 33.9. The van der Waals surface area contributed by atoms with Gasteiger partial charge in [0.2, 0.25) is 11.7 Å². The predicted octanol–water partition coefficient (Wildman–Crippen LogP) is 11.6. The number of carbonyl (C=O) groups is 12. The summed E-state index contributed by atoms with van der Waals surface area (Å²) in [6.45, 7) is 51.5. The van der Waals surface area contributed by atoms with Crippen LogP contribution >= 0.6 is 0 Å². The van der Waals surface area contributed by atoms with Crippen LogP contribution < -0.4 is 0 Å². The van der Waals surface area contributed by atoms with Gasteiger partial charge in [-0.1, -0.05) is 55.4 Å². The highest BCUT2D eigenvalue weighted by molar-refractivity contribution is 5.87. The lowest BCUT2D eigenvalue weighted by Gasteiger charge is -2.38. The van der Waals surface area contributed by atoms with Crippen molar-refractivity contribution >= 4 is 71.6 Å². The van der Waals surface area contributed by atoms with Gasteiger partial charge in [0.1, 0.15) is 22.4 Å². The van der Waals surface area contributed by atoms with Crippen molar-refractivity contribution in [2.45, 2.75) is 339 Å². The summed E-state index contributed by atoms with van der Waals surface area (Å²) in [4.78, 5) is 141. The van der Waals surface area contributed by atoms with E-state index in [1.165, 1.54) is 21.3 Å². The van der Waals surface area contributed by atoms with E-state index in [4.69, 9.17) is 75.8 Å². The summed E-state index contributed by atoms with van der Waals surface area (Å²) in [6.07, 6.45) is 3.76. The average molecular weight is 1520 g/mol. The Labute approximate surface area is 630 Å². The molecule has 0 N–H and O–H groups in total. The molecule has 12 unspecified atom stereocenters. The highest BCUT2D eigenvalue weighted by Crippen LogP contribution is 2.45. The summed E-state index contributed by atoms with van der Waals surface area (Å²) in [5, 5.41) is 0. The first-order valence-corrected chi connectivity index (χ1v) is 36.7. The first kappa shape index (κ1) is 97.5. The normalized spacial score (nSPS) is 29.7. The fourth-order valence-corrected chi connectivity index (χ4v) is 10.7. The van der Waals surface area contributed by atoms with Gasteiger partial charge in [0.15, 0.2) is 34.1 Å². The van der Waals surface area contributed by atoms with Crippen molar-refractivity contribution in [3.8, 4) is 0 Å². The molecule has 0 bridgehead atoms. The highest BCUT2D eigenvalue weighted by Gasteiger charge is 2.61. The molecular formula is C78H132O28. The van der Waals surface area contributed by atoms with Gasteiger partial charge >= 0.3 is 71.6 Å². The number of rotatable bonds is 26. The minimum Gasteiger partial charge on any atom is -0.457 e. The largest absolute Gasteiger partial charge is 0.457 e. The van der Waals surface area contributed by atoms with Crippen molar-refractivity contribution in [3.63, 3.8) is 0 Å². The standard InChI is InChI=1S/2C14H24O5.C13H22O5.C13H22O4.C12H20O5.C12H20O4/c1-7-12(2,3)10(15)19-14(5)8-13(4,9-17-6)18-11(14)16;1-7-12(2,3)11(16)19-13(4)8-10(15)18-14(13,5)9-17-6;1-6-12(2,3)11(15)17-9-7-10(14)18-13(9,4)8-16-5;1-7-11(2,3)10(15)17-13(6)8-9(14)16-12(13,4)5;1-5-8(2)10(13)16-9-6-12(3,7-15-4)17-11(9)14;1-6-8(2)10(14)16-12(5)7-9(13)15-11(12,3)4/h2*7-9H2,1-6H3;9H,6-8H2,1-5H3;7-8H2,1-6H3;8-9H,5-7H2,1-4H3;8H,6-7H2,1-5H3. The predicted molar refractivity (Wildman–Crippen MR) is 386 cm³/mol. The molecule has 0 aromatic rings. The topological polar surface area (TPSA) is 353 Å². The third-order valence-electron chi connectivity index (χ3n) is 21.6. The van der Waals surface area contributed by atoms with Crippen molar-refractivity contribution < 1.29 is 133 Å². The molecule has 6 aliphatic heterocycles. The van der Waals surface area contributed by atoms with Crippen LogP contribution in [0.1, 0.15) is 271 Å². The molecule has 6 rings (SSSR count). The van der Waals surface area contributed by atoms with E-state index in [-0.39, 0.29) is 117 Å². The molecule has 106 heavy (non-hydrogen) atoms. The van der Waals surface area contributed by atoms with Crippen molar-refractivity contribution in [3.05, 3.63) is 0 Å². The van der Waals surface area contributed by atoms with Gasteiger partial charge in [-0.15, -0.1) is 0 Å². The van der Waals surface area contributed by atoms with Crippen LogP contribution in [-0.4, -0.2) is 195 Å². The van der Waals surface area contributed by atoms with Crippen LogP contribution in [0, 0.1) is 33.5 Å². The summed E-state index contributed by atoms with van der Waals surface area (Å²) in [7, 11) is 6.13. The first-order chi connectivity index (χ1) is 48.1. The highest BCUT2D eigenvalue weighted by atomic mass is 16.7. The lowest BCUT2D eigenvalue weighted by Crippen LogP contribution is -2.53. The molecule has 0 saturated carbocycles. The maximum Gasteiger partial charge on any atom is 0.351 e. The fourth-order valence-electron chi connectivity index (χ4n) is 10.7. The molecule has 0 amide bonds. The summed E-state index contributed by atoms with van der Waals surface area (Å²) >= 11 is 0. The Hall–Kier alpha value is -6.52. The van der Waals surface area contributed by atoms with E-state index in [9.17, 15) is 57.5 Å². The van der Waals surface area contributed by atoms with Crippen molar-refractivity contribution in [1.82, 2.24) is 0 Å². The van der Waals surface area contributed by atoms with Gasteiger partial charge in [0.25, 0.3) is 0 Å². The molecule has 12 atom stereocenters. The smallest absolute Gasteiger partial charge is 0.351 e. The van der Waals surface area contributed by atoms with Crippen molar-refractivity contribution in [1.29, 1.82) is 0 Å². The summed E-state index contributed by atoms with van der Waals surface area (Å²) < 4.78 is 84.2. The number of esters is 12. The average Bonchev–Trinajstić information content (AvgIpc) is 1.61. The number of cyclic esters (lactones) is 6. The molecule has 0 aliphatic carbocycles. The third-order valence-corrected chi connectivity index (χ3v) is 21.6. The van der Waals surface area contributed by atoms with Crippen molar-refractivity contribution in [2.75, 3.05) is 54.9 Å². The Balaban J connectivity index is 0.000000637. The zero-order valence-electron chi connectivity index (χ0n) is 70.1.